The zero-order valence-corrected chi connectivity index (χ0v) is 17.9. The van der Waals surface area contributed by atoms with Gasteiger partial charge < -0.3 is 20.7 Å². The molecule has 0 radical (unpaired) electrons. The molecular weight excluding hydrogens is 382 g/mol. The monoisotopic (exact) mass is 411 g/mol. The van der Waals surface area contributed by atoms with Gasteiger partial charge in [-0.1, -0.05) is 30.3 Å². The Morgan fingerprint density at radius 2 is 1.53 bits per heavy atom. The Morgan fingerprint density at radius 1 is 0.900 bits per heavy atom. The van der Waals surface area contributed by atoms with Crippen LogP contribution in [0.3, 0.4) is 0 Å². The fourth-order valence-electron chi connectivity index (χ4n) is 2.68. The molecule has 0 atom stereocenters. The van der Waals surface area contributed by atoms with Crippen molar-refractivity contribution in [3.05, 3.63) is 59.7 Å². The van der Waals surface area contributed by atoms with Crippen LogP contribution >= 0.6 is 0 Å². The Labute approximate surface area is 177 Å². The molecule has 0 spiro atoms. The molecule has 0 aliphatic heterocycles. The Morgan fingerprint density at radius 3 is 2.17 bits per heavy atom. The van der Waals surface area contributed by atoms with E-state index < -0.39 is 11.7 Å². The second-order valence-electron chi connectivity index (χ2n) is 7.96. The quantitative estimate of drug-likeness (QED) is 0.641. The summed E-state index contributed by atoms with van der Waals surface area (Å²) < 4.78 is 5.12. The predicted octanol–water partition coefficient (Wildman–Crippen LogP) is 4.03. The highest BCUT2D eigenvalue weighted by Gasteiger charge is 2.16. The Hall–Kier alpha value is -3.35. The molecule has 3 N–H and O–H groups in total. The third kappa shape index (κ3) is 8.34. The molecule has 0 heterocycles. The maximum Gasteiger partial charge on any atom is 0.407 e. The van der Waals surface area contributed by atoms with Gasteiger partial charge in [0, 0.05) is 24.3 Å². The lowest BCUT2D eigenvalue weighted by atomic mass is 10.1. The molecule has 2 aromatic carbocycles. The maximum atomic E-state index is 12.3. The van der Waals surface area contributed by atoms with Gasteiger partial charge >= 0.3 is 6.09 Å². The summed E-state index contributed by atoms with van der Waals surface area (Å²) in [7, 11) is 0. The third-order valence-corrected chi connectivity index (χ3v) is 4.06. The van der Waals surface area contributed by atoms with Crippen molar-refractivity contribution in [1.82, 2.24) is 5.32 Å². The summed E-state index contributed by atoms with van der Waals surface area (Å²) in [6.07, 6.45) is -0.184. The number of amides is 3. The topological polar surface area (TPSA) is 96.5 Å². The second kappa shape index (κ2) is 10.4. The maximum absolute atomic E-state index is 12.3. The van der Waals surface area contributed by atoms with Crippen molar-refractivity contribution in [2.24, 2.45) is 0 Å². The molecule has 0 saturated carbocycles. The lowest BCUT2D eigenvalue weighted by molar-refractivity contribution is -0.116. The van der Waals surface area contributed by atoms with E-state index in [0.29, 0.717) is 11.4 Å². The van der Waals surface area contributed by atoms with Gasteiger partial charge in [0.2, 0.25) is 11.8 Å². The van der Waals surface area contributed by atoms with Crippen molar-refractivity contribution in [2.45, 2.75) is 46.1 Å². The SMILES string of the molecule is Cc1ccccc1CC(=O)Nc1cccc(NC(=O)CCNC(=O)OC(C)(C)C)c1. The molecule has 0 aliphatic carbocycles. The van der Waals surface area contributed by atoms with Crippen molar-refractivity contribution >= 4 is 29.3 Å². The van der Waals surface area contributed by atoms with Crippen LogP contribution in [-0.2, 0) is 20.7 Å². The van der Waals surface area contributed by atoms with E-state index in [9.17, 15) is 14.4 Å². The molecule has 0 saturated heterocycles. The van der Waals surface area contributed by atoms with Crippen LogP contribution in [0.5, 0.6) is 0 Å². The minimum Gasteiger partial charge on any atom is -0.444 e. The highest BCUT2D eigenvalue weighted by Crippen LogP contribution is 2.16. The van der Waals surface area contributed by atoms with Gasteiger partial charge in [0.15, 0.2) is 0 Å². The molecule has 0 fully saturated rings. The Balaban J connectivity index is 1.82. The lowest BCUT2D eigenvalue weighted by Crippen LogP contribution is -2.34. The molecule has 0 unspecified atom stereocenters. The fourth-order valence-corrected chi connectivity index (χ4v) is 2.68. The van der Waals surface area contributed by atoms with Gasteiger partial charge in [0.1, 0.15) is 5.60 Å². The van der Waals surface area contributed by atoms with Gasteiger partial charge in [-0.05, 0) is 57.0 Å². The van der Waals surface area contributed by atoms with Crippen molar-refractivity contribution in [3.63, 3.8) is 0 Å². The average molecular weight is 412 g/mol. The van der Waals surface area contributed by atoms with Crippen LogP contribution in [0.15, 0.2) is 48.5 Å². The van der Waals surface area contributed by atoms with Crippen LogP contribution in [-0.4, -0.2) is 30.1 Å². The summed E-state index contributed by atoms with van der Waals surface area (Å²) in [5.74, 6) is -0.385. The first-order chi connectivity index (χ1) is 14.1. The molecule has 30 heavy (non-hydrogen) atoms. The molecule has 0 bridgehead atoms. The number of anilines is 2. The molecule has 0 aromatic heterocycles. The number of hydrogen-bond donors (Lipinski definition) is 3. The van der Waals surface area contributed by atoms with E-state index in [4.69, 9.17) is 4.74 Å². The van der Waals surface area contributed by atoms with Crippen LogP contribution in [0.2, 0.25) is 0 Å². The number of ether oxygens (including phenoxy) is 1. The van der Waals surface area contributed by atoms with Gasteiger partial charge in [-0.2, -0.15) is 0 Å². The zero-order chi connectivity index (χ0) is 22.1. The van der Waals surface area contributed by atoms with E-state index in [1.165, 1.54) is 0 Å². The molecule has 2 rings (SSSR count). The van der Waals surface area contributed by atoms with E-state index in [2.05, 4.69) is 16.0 Å². The van der Waals surface area contributed by atoms with Crippen LogP contribution in [0.25, 0.3) is 0 Å². The summed E-state index contributed by atoms with van der Waals surface area (Å²) >= 11 is 0. The first kappa shape index (κ1) is 22.9. The number of aryl methyl sites for hydroxylation is 1. The van der Waals surface area contributed by atoms with Crippen LogP contribution in [0, 0.1) is 6.92 Å². The normalized spacial score (nSPS) is 10.8. The molecule has 0 aliphatic rings. The second-order valence-corrected chi connectivity index (χ2v) is 7.96. The van der Waals surface area contributed by atoms with Crippen molar-refractivity contribution in [3.8, 4) is 0 Å². The highest BCUT2D eigenvalue weighted by atomic mass is 16.6. The number of alkyl carbamates (subject to hydrolysis) is 1. The molecular formula is C23H29N3O4. The van der Waals surface area contributed by atoms with Gasteiger partial charge in [0.05, 0.1) is 6.42 Å². The largest absolute Gasteiger partial charge is 0.444 e. The minimum absolute atomic E-state index is 0.100. The van der Waals surface area contributed by atoms with E-state index in [0.717, 1.165) is 11.1 Å². The smallest absolute Gasteiger partial charge is 0.407 e. The first-order valence-electron chi connectivity index (χ1n) is 9.83. The molecule has 7 nitrogen and oxygen atoms in total. The van der Waals surface area contributed by atoms with E-state index in [1.807, 2.05) is 31.2 Å². The summed E-state index contributed by atoms with van der Waals surface area (Å²) in [6, 6.07) is 14.7. The first-order valence-corrected chi connectivity index (χ1v) is 9.83. The van der Waals surface area contributed by atoms with Crippen LogP contribution in [0.4, 0.5) is 16.2 Å². The number of nitrogens with one attached hydrogen (secondary N) is 3. The van der Waals surface area contributed by atoms with Crippen LogP contribution < -0.4 is 16.0 Å². The van der Waals surface area contributed by atoms with Gasteiger partial charge in [0.25, 0.3) is 0 Å². The van der Waals surface area contributed by atoms with Gasteiger partial charge in [-0.25, -0.2) is 4.79 Å². The van der Waals surface area contributed by atoms with Crippen LogP contribution in [0.1, 0.15) is 38.3 Å². The molecule has 2 aromatic rings. The van der Waals surface area contributed by atoms with E-state index >= 15 is 0 Å². The number of rotatable bonds is 7. The van der Waals surface area contributed by atoms with E-state index in [1.54, 1.807) is 45.0 Å². The highest BCUT2D eigenvalue weighted by molar-refractivity contribution is 5.95. The summed E-state index contributed by atoms with van der Waals surface area (Å²) in [6.45, 7) is 7.44. The minimum atomic E-state index is -0.587. The van der Waals surface area contributed by atoms with Crippen molar-refractivity contribution in [1.29, 1.82) is 0 Å². The van der Waals surface area contributed by atoms with Gasteiger partial charge in [-0.3, -0.25) is 9.59 Å². The molecule has 7 heteroatoms. The van der Waals surface area contributed by atoms with Crippen molar-refractivity contribution < 1.29 is 19.1 Å². The molecule has 160 valence electrons. The number of carbonyl (C=O) groups is 3. The Bertz CT molecular complexity index is 903. The zero-order valence-electron chi connectivity index (χ0n) is 17.9. The summed E-state index contributed by atoms with van der Waals surface area (Å²) in [5.41, 5.74) is 2.60. The number of benzene rings is 2. The van der Waals surface area contributed by atoms with Gasteiger partial charge in [-0.15, -0.1) is 0 Å². The number of hydrogen-bond acceptors (Lipinski definition) is 4. The molecule has 3 amide bonds. The lowest BCUT2D eigenvalue weighted by Gasteiger charge is -2.19. The summed E-state index contributed by atoms with van der Waals surface area (Å²) in [5, 5.41) is 8.14. The third-order valence-electron chi connectivity index (χ3n) is 4.06. The standard InChI is InChI=1S/C23H29N3O4/c1-16-8-5-6-9-17(16)14-21(28)26-19-11-7-10-18(15-19)25-20(27)12-13-24-22(29)30-23(2,3)4/h5-11,15H,12-14H2,1-4H3,(H,24,29)(H,25,27)(H,26,28). The van der Waals surface area contributed by atoms with Crippen molar-refractivity contribution in [2.75, 3.05) is 17.2 Å². The number of carbonyl (C=O) groups excluding carboxylic acids is 3. The summed E-state index contributed by atoms with van der Waals surface area (Å²) in [4.78, 5) is 36.0. The average Bonchev–Trinajstić information content (AvgIpc) is 2.62. The van der Waals surface area contributed by atoms with E-state index in [-0.39, 0.29) is 31.2 Å². The predicted molar refractivity (Wildman–Crippen MR) is 117 cm³/mol. The Kier molecular flexibility index (Phi) is 7.98. The fraction of sp³-hybridized carbons (Fsp3) is 0.348.